The van der Waals surface area contributed by atoms with Crippen molar-refractivity contribution in [3.05, 3.63) is 0 Å². The molecule has 1 aliphatic heterocycles. The predicted octanol–water partition coefficient (Wildman–Crippen LogP) is 0.121. The van der Waals surface area contributed by atoms with Crippen molar-refractivity contribution in [3.8, 4) is 0 Å². The van der Waals surface area contributed by atoms with Gasteiger partial charge in [-0.3, -0.25) is 4.79 Å². The van der Waals surface area contributed by atoms with E-state index in [1.54, 1.807) is 18.7 Å². The summed E-state index contributed by atoms with van der Waals surface area (Å²) in [6, 6.07) is -0.416. The van der Waals surface area contributed by atoms with Crippen molar-refractivity contribution >= 4 is 12.0 Å². The lowest BCUT2D eigenvalue weighted by Crippen LogP contribution is -2.42. The molecule has 5 heteroatoms. The average Bonchev–Trinajstić information content (AvgIpc) is 2.48. The molecular weight excluding hydrogens is 172 g/mol. The second-order valence-electron chi connectivity index (χ2n) is 3.29. The van der Waals surface area contributed by atoms with Gasteiger partial charge in [0.1, 0.15) is 0 Å². The van der Waals surface area contributed by atoms with E-state index in [1.165, 1.54) is 0 Å². The molecule has 0 aromatic heterocycles. The number of urea groups is 1. The fourth-order valence-electron chi connectivity index (χ4n) is 1.35. The van der Waals surface area contributed by atoms with Crippen molar-refractivity contribution in [1.82, 2.24) is 10.2 Å². The summed E-state index contributed by atoms with van der Waals surface area (Å²) in [5, 5.41) is 11.4. The summed E-state index contributed by atoms with van der Waals surface area (Å²) >= 11 is 0. The number of nitrogens with one attached hydrogen (secondary N) is 1. The number of hydrogen-bond acceptors (Lipinski definition) is 2. The molecule has 13 heavy (non-hydrogen) atoms. The van der Waals surface area contributed by atoms with Crippen molar-refractivity contribution in [1.29, 1.82) is 0 Å². The Morgan fingerprint density at radius 1 is 1.62 bits per heavy atom. The van der Waals surface area contributed by atoms with E-state index in [4.69, 9.17) is 5.11 Å². The molecule has 1 aliphatic rings. The van der Waals surface area contributed by atoms with Crippen LogP contribution < -0.4 is 5.32 Å². The van der Waals surface area contributed by atoms with Crippen LogP contribution in [0.15, 0.2) is 0 Å². The highest BCUT2D eigenvalue weighted by atomic mass is 16.4. The van der Waals surface area contributed by atoms with Gasteiger partial charge in [0.25, 0.3) is 0 Å². The van der Waals surface area contributed by atoms with Gasteiger partial charge in [0.2, 0.25) is 0 Å². The molecule has 0 bridgehead atoms. The van der Waals surface area contributed by atoms with E-state index >= 15 is 0 Å². The molecular formula is C8H14N2O3. The first-order chi connectivity index (χ1) is 6.04. The van der Waals surface area contributed by atoms with Crippen LogP contribution in [0.2, 0.25) is 0 Å². The van der Waals surface area contributed by atoms with Gasteiger partial charge in [0.05, 0.1) is 5.92 Å². The van der Waals surface area contributed by atoms with Gasteiger partial charge in [-0.25, -0.2) is 4.79 Å². The fourth-order valence-corrected chi connectivity index (χ4v) is 1.35. The van der Waals surface area contributed by atoms with Crippen molar-refractivity contribution < 1.29 is 14.7 Å². The largest absolute Gasteiger partial charge is 0.481 e. The third kappa shape index (κ3) is 1.91. The number of aliphatic carboxylic acids is 1. The number of nitrogens with zero attached hydrogens (tertiary/aromatic N) is 1. The molecule has 1 rings (SSSR count). The van der Waals surface area contributed by atoms with E-state index in [2.05, 4.69) is 5.32 Å². The smallest absolute Gasteiger partial charge is 0.317 e. The lowest BCUT2D eigenvalue weighted by atomic mass is 10.0. The summed E-state index contributed by atoms with van der Waals surface area (Å²) in [6.07, 6.45) is 0. The van der Waals surface area contributed by atoms with Crippen LogP contribution in [0.4, 0.5) is 4.79 Å². The van der Waals surface area contributed by atoms with E-state index in [0.29, 0.717) is 13.1 Å². The second kappa shape index (κ2) is 3.64. The lowest BCUT2D eigenvalue weighted by molar-refractivity contribution is -0.142. The van der Waals surface area contributed by atoms with Crippen LogP contribution in [-0.2, 0) is 4.79 Å². The van der Waals surface area contributed by atoms with Crippen LogP contribution in [0, 0.1) is 5.92 Å². The molecule has 1 heterocycles. The molecule has 2 N–H and O–H groups in total. The van der Waals surface area contributed by atoms with E-state index in [0.717, 1.165) is 0 Å². The van der Waals surface area contributed by atoms with E-state index in [1.807, 2.05) is 0 Å². The van der Waals surface area contributed by atoms with Gasteiger partial charge in [-0.1, -0.05) is 0 Å². The van der Waals surface area contributed by atoms with Crippen LogP contribution in [-0.4, -0.2) is 41.1 Å². The quantitative estimate of drug-likeness (QED) is 0.657. The SMILES string of the molecule is CC(C(=O)O)C(C)N1CCNC1=O. The highest BCUT2D eigenvalue weighted by Gasteiger charge is 2.31. The van der Waals surface area contributed by atoms with Gasteiger partial charge in [0, 0.05) is 19.1 Å². The Balaban J connectivity index is 2.60. The number of carboxylic acids is 1. The number of hydrogen-bond donors (Lipinski definition) is 2. The van der Waals surface area contributed by atoms with Crippen molar-refractivity contribution in [2.45, 2.75) is 19.9 Å². The summed E-state index contributed by atoms with van der Waals surface area (Å²) in [6.45, 7) is 4.56. The Hall–Kier alpha value is -1.26. The molecule has 2 atom stereocenters. The monoisotopic (exact) mass is 186 g/mol. The Morgan fingerprint density at radius 2 is 2.23 bits per heavy atom. The third-order valence-electron chi connectivity index (χ3n) is 2.49. The normalized spacial score (nSPS) is 21.1. The van der Waals surface area contributed by atoms with Crippen molar-refractivity contribution in [3.63, 3.8) is 0 Å². The minimum absolute atomic E-state index is 0.166. The maximum Gasteiger partial charge on any atom is 0.317 e. The Bertz CT molecular complexity index is 229. The maximum absolute atomic E-state index is 11.2. The molecule has 0 saturated carbocycles. The third-order valence-corrected chi connectivity index (χ3v) is 2.49. The summed E-state index contributed by atoms with van der Waals surface area (Å²) < 4.78 is 0. The Kier molecular flexibility index (Phi) is 2.75. The molecule has 0 radical (unpaired) electrons. The minimum Gasteiger partial charge on any atom is -0.481 e. The molecule has 0 spiro atoms. The molecule has 1 saturated heterocycles. The average molecular weight is 186 g/mol. The first-order valence-electron chi connectivity index (χ1n) is 4.31. The standard InChI is InChI=1S/C8H14N2O3/c1-5(7(11)12)6(2)10-4-3-9-8(10)13/h5-6H,3-4H2,1-2H3,(H,9,13)(H,11,12). The maximum atomic E-state index is 11.2. The van der Waals surface area contributed by atoms with Gasteiger partial charge in [0.15, 0.2) is 0 Å². The van der Waals surface area contributed by atoms with Crippen LogP contribution in [0.5, 0.6) is 0 Å². The first-order valence-corrected chi connectivity index (χ1v) is 4.31. The van der Waals surface area contributed by atoms with Gasteiger partial charge >= 0.3 is 12.0 Å². The van der Waals surface area contributed by atoms with Crippen LogP contribution in [0.1, 0.15) is 13.8 Å². The van der Waals surface area contributed by atoms with E-state index in [-0.39, 0.29) is 12.1 Å². The summed E-state index contributed by atoms with van der Waals surface area (Å²) in [5.74, 6) is -1.39. The number of carbonyl (C=O) groups is 2. The predicted molar refractivity (Wildman–Crippen MR) is 46.4 cm³/mol. The molecule has 0 aromatic rings. The minimum atomic E-state index is -0.868. The number of rotatable bonds is 3. The van der Waals surface area contributed by atoms with Crippen molar-refractivity contribution in [2.24, 2.45) is 5.92 Å². The molecule has 74 valence electrons. The topological polar surface area (TPSA) is 69.6 Å². The van der Waals surface area contributed by atoms with Crippen LogP contribution >= 0.6 is 0 Å². The Labute approximate surface area is 76.7 Å². The number of carbonyl (C=O) groups excluding carboxylic acids is 1. The molecule has 2 amide bonds. The molecule has 5 nitrogen and oxygen atoms in total. The van der Waals surface area contributed by atoms with Crippen LogP contribution in [0.25, 0.3) is 0 Å². The molecule has 1 fully saturated rings. The molecule has 0 aliphatic carbocycles. The highest BCUT2D eigenvalue weighted by molar-refractivity contribution is 5.78. The molecule has 2 unspecified atom stereocenters. The van der Waals surface area contributed by atoms with E-state index < -0.39 is 11.9 Å². The zero-order valence-corrected chi connectivity index (χ0v) is 7.78. The summed E-state index contributed by atoms with van der Waals surface area (Å²) in [5.41, 5.74) is 0. The second-order valence-corrected chi connectivity index (χ2v) is 3.29. The number of amides is 2. The fraction of sp³-hybridized carbons (Fsp3) is 0.750. The zero-order valence-electron chi connectivity index (χ0n) is 7.78. The lowest BCUT2D eigenvalue weighted by Gasteiger charge is -2.25. The van der Waals surface area contributed by atoms with Gasteiger partial charge in [-0.2, -0.15) is 0 Å². The van der Waals surface area contributed by atoms with Gasteiger partial charge in [-0.05, 0) is 13.8 Å². The number of carboxylic acid groups (broad SMARTS) is 1. The Morgan fingerprint density at radius 3 is 2.62 bits per heavy atom. The highest BCUT2D eigenvalue weighted by Crippen LogP contribution is 2.13. The summed E-state index contributed by atoms with van der Waals surface area (Å²) in [7, 11) is 0. The van der Waals surface area contributed by atoms with E-state index in [9.17, 15) is 9.59 Å². The van der Waals surface area contributed by atoms with Gasteiger partial charge < -0.3 is 15.3 Å². The van der Waals surface area contributed by atoms with Crippen molar-refractivity contribution in [2.75, 3.05) is 13.1 Å². The summed E-state index contributed by atoms with van der Waals surface area (Å²) in [4.78, 5) is 23.4. The first kappa shape index (κ1) is 9.83. The van der Waals surface area contributed by atoms with Gasteiger partial charge in [-0.15, -0.1) is 0 Å². The zero-order chi connectivity index (χ0) is 10.0. The van der Waals surface area contributed by atoms with Crippen LogP contribution in [0.3, 0.4) is 0 Å². The molecule has 0 aromatic carbocycles.